The summed E-state index contributed by atoms with van der Waals surface area (Å²) in [5.41, 5.74) is 3.95. The van der Waals surface area contributed by atoms with E-state index in [4.69, 9.17) is 23.2 Å². The van der Waals surface area contributed by atoms with E-state index in [9.17, 15) is 18.5 Å². The van der Waals surface area contributed by atoms with Crippen LogP contribution in [-0.4, -0.2) is 38.1 Å². The second kappa shape index (κ2) is 12.6. The fourth-order valence-electron chi connectivity index (χ4n) is 6.24. The van der Waals surface area contributed by atoms with Crippen molar-refractivity contribution in [1.29, 1.82) is 5.26 Å². The molecule has 1 fully saturated rings. The van der Waals surface area contributed by atoms with Crippen LogP contribution >= 0.6 is 23.2 Å². The second-order valence-corrected chi connectivity index (χ2v) is 14.0. The summed E-state index contributed by atoms with van der Waals surface area (Å²) in [6.45, 7) is 5.92. The van der Waals surface area contributed by atoms with E-state index in [0.29, 0.717) is 27.7 Å². The van der Waals surface area contributed by atoms with Crippen molar-refractivity contribution in [2.24, 2.45) is 5.92 Å². The van der Waals surface area contributed by atoms with Crippen LogP contribution < -0.4 is 4.31 Å². The number of para-hydroxylation sites is 1. The van der Waals surface area contributed by atoms with Crippen molar-refractivity contribution < 1.29 is 13.2 Å². The Labute approximate surface area is 263 Å². The third-order valence-corrected chi connectivity index (χ3v) is 10.0. The standard InChI is InChI=1S/C34H33Cl2N3O3S/c1-4-8-29-22(2)32(25-10-7-11-28(36)19-25)33(24-15-17-27(35)18-16-24)39(34(29)40)31(23-13-14-23)21-38(43(3,41)42)30-12-6-5-9-26(30)20-37/h4-7,9-12,15-19,23,31-33H,1,8,13-14,21H2,2-3H3/t31?,32-,33-/m1/s1. The van der Waals surface area contributed by atoms with Gasteiger partial charge >= 0.3 is 0 Å². The monoisotopic (exact) mass is 633 g/mol. The van der Waals surface area contributed by atoms with Gasteiger partial charge in [-0.2, -0.15) is 5.26 Å². The molecule has 3 aromatic rings. The third-order valence-electron chi connectivity index (χ3n) is 8.39. The third kappa shape index (κ3) is 6.38. The first kappa shape index (κ1) is 30.9. The fourth-order valence-corrected chi connectivity index (χ4v) is 7.51. The molecule has 9 heteroatoms. The molecular weight excluding hydrogens is 601 g/mol. The van der Waals surface area contributed by atoms with Gasteiger partial charge < -0.3 is 4.90 Å². The summed E-state index contributed by atoms with van der Waals surface area (Å²) >= 11 is 12.8. The minimum atomic E-state index is -3.82. The quantitative estimate of drug-likeness (QED) is 0.215. The summed E-state index contributed by atoms with van der Waals surface area (Å²) in [5.74, 6) is -0.318. The molecule has 2 aliphatic rings. The smallest absolute Gasteiger partial charge is 0.250 e. The first-order valence-corrected chi connectivity index (χ1v) is 16.8. The highest BCUT2D eigenvalue weighted by atomic mass is 35.5. The Morgan fingerprint density at radius 3 is 2.35 bits per heavy atom. The highest BCUT2D eigenvalue weighted by Crippen LogP contribution is 2.51. The summed E-state index contributed by atoms with van der Waals surface area (Å²) in [6, 6.07) is 23.0. The molecule has 1 aliphatic heterocycles. The molecule has 1 aliphatic carbocycles. The van der Waals surface area contributed by atoms with E-state index in [1.54, 1.807) is 30.3 Å². The molecule has 0 radical (unpaired) electrons. The number of allylic oxidation sites excluding steroid dienone is 1. The van der Waals surface area contributed by atoms with Gasteiger partial charge in [0.25, 0.3) is 5.91 Å². The van der Waals surface area contributed by atoms with Crippen molar-refractivity contribution in [3.05, 3.63) is 123 Å². The number of carbonyl (C=O) groups excluding carboxylic acids is 1. The molecule has 43 heavy (non-hydrogen) atoms. The van der Waals surface area contributed by atoms with Gasteiger partial charge in [-0.05, 0) is 79.6 Å². The van der Waals surface area contributed by atoms with Gasteiger partial charge in [-0.1, -0.05) is 71.2 Å². The Bertz CT molecular complexity index is 1730. The maximum Gasteiger partial charge on any atom is 0.250 e. The van der Waals surface area contributed by atoms with E-state index in [0.717, 1.165) is 35.8 Å². The Morgan fingerprint density at radius 2 is 1.74 bits per heavy atom. The number of amides is 1. The van der Waals surface area contributed by atoms with Gasteiger partial charge in [-0.25, -0.2) is 8.42 Å². The first-order chi connectivity index (χ1) is 20.5. The fraction of sp³-hybridized carbons (Fsp3) is 0.294. The SMILES string of the molecule is C=CCC1=C(C)[C@H](c2cccc(Cl)c2)[C@@H](c2ccc(Cl)cc2)N(C(CN(c2ccccc2C#N)S(C)(=O)=O)C2CC2)C1=O. The Hall–Kier alpha value is -3.57. The van der Waals surface area contributed by atoms with E-state index < -0.39 is 22.1 Å². The number of sulfonamides is 1. The number of carbonyl (C=O) groups is 1. The molecule has 222 valence electrons. The predicted molar refractivity (Wildman–Crippen MR) is 173 cm³/mol. The van der Waals surface area contributed by atoms with Crippen LogP contribution in [0.5, 0.6) is 0 Å². The summed E-state index contributed by atoms with van der Waals surface area (Å²) in [6.07, 6.45) is 4.96. The van der Waals surface area contributed by atoms with Crippen LogP contribution in [0.4, 0.5) is 5.69 Å². The number of benzene rings is 3. The summed E-state index contributed by atoms with van der Waals surface area (Å²) in [7, 11) is -3.82. The number of hydrogen-bond acceptors (Lipinski definition) is 4. The van der Waals surface area contributed by atoms with Gasteiger partial charge in [-0.15, -0.1) is 6.58 Å². The zero-order valence-electron chi connectivity index (χ0n) is 24.1. The largest absolute Gasteiger partial charge is 0.326 e. The minimum absolute atomic E-state index is 0.0146. The summed E-state index contributed by atoms with van der Waals surface area (Å²) < 4.78 is 28.0. The summed E-state index contributed by atoms with van der Waals surface area (Å²) in [4.78, 5) is 16.5. The number of halogens is 2. The van der Waals surface area contributed by atoms with E-state index >= 15 is 0 Å². The Kier molecular flexibility index (Phi) is 9.03. The lowest BCUT2D eigenvalue weighted by molar-refractivity contribution is -0.134. The Balaban J connectivity index is 1.73. The number of hydrogen-bond donors (Lipinski definition) is 0. The molecule has 3 aromatic carbocycles. The number of anilines is 1. The van der Waals surface area contributed by atoms with Gasteiger partial charge in [0.15, 0.2) is 0 Å². The minimum Gasteiger partial charge on any atom is -0.326 e. The lowest BCUT2D eigenvalue weighted by Crippen LogP contribution is -2.54. The van der Waals surface area contributed by atoms with Crippen molar-refractivity contribution in [1.82, 2.24) is 4.90 Å². The predicted octanol–water partition coefficient (Wildman–Crippen LogP) is 7.67. The molecule has 0 aromatic heterocycles. The van der Waals surface area contributed by atoms with Gasteiger partial charge in [-0.3, -0.25) is 9.10 Å². The molecule has 1 saturated carbocycles. The van der Waals surface area contributed by atoms with Gasteiger partial charge in [0.2, 0.25) is 10.0 Å². The summed E-state index contributed by atoms with van der Waals surface area (Å²) in [5, 5.41) is 11.0. The number of rotatable bonds is 10. The maximum absolute atomic E-state index is 14.6. The van der Waals surface area contributed by atoms with Gasteiger partial charge in [0.05, 0.1) is 36.1 Å². The van der Waals surface area contributed by atoms with Crippen molar-refractivity contribution >= 4 is 44.8 Å². The molecule has 3 atom stereocenters. The van der Waals surface area contributed by atoms with E-state index in [1.807, 2.05) is 60.4 Å². The van der Waals surface area contributed by atoms with Crippen molar-refractivity contribution in [2.75, 3.05) is 17.1 Å². The zero-order valence-corrected chi connectivity index (χ0v) is 26.4. The van der Waals surface area contributed by atoms with Crippen LogP contribution in [0.25, 0.3) is 0 Å². The Morgan fingerprint density at radius 1 is 1.05 bits per heavy atom. The molecule has 0 spiro atoms. The highest BCUT2D eigenvalue weighted by Gasteiger charge is 2.49. The molecule has 0 N–H and O–H groups in total. The zero-order chi connectivity index (χ0) is 30.9. The molecular formula is C34H33Cl2N3O3S. The normalized spacial score (nSPS) is 19.6. The molecule has 0 saturated heterocycles. The topological polar surface area (TPSA) is 81.5 Å². The second-order valence-electron chi connectivity index (χ2n) is 11.2. The van der Waals surface area contributed by atoms with Gasteiger partial charge in [0, 0.05) is 21.5 Å². The lowest BCUT2D eigenvalue weighted by atomic mass is 9.75. The van der Waals surface area contributed by atoms with Crippen molar-refractivity contribution in [3.63, 3.8) is 0 Å². The molecule has 5 rings (SSSR count). The molecule has 1 amide bonds. The van der Waals surface area contributed by atoms with Crippen molar-refractivity contribution in [3.8, 4) is 6.07 Å². The molecule has 6 nitrogen and oxygen atoms in total. The van der Waals surface area contributed by atoms with Crippen LogP contribution in [0.15, 0.2) is 96.6 Å². The van der Waals surface area contributed by atoms with E-state index in [1.165, 1.54) is 4.31 Å². The number of nitriles is 1. The van der Waals surface area contributed by atoms with Crippen LogP contribution in [0.1, 0.15) is 54.8 Å². The van der Waals surface area contributed by atoms with E-state index in [2.05, 4.69) is 12.6 Å². The van der Waals surface area contributed by atoms with Crippen LogP contribution in [-0.2, 0) is 14.8 Å². The van der Waals surface area contributed by atoms with Gasteiger partial charge in [0.1, 0.15) is 6.07 Å². The molecule has 1 heterocycles. The average Bonchev–Trinajstić information content (AvgIpc) is 3.82. The highest BCUT2D eigenvalue weighted by molar-refractivity contribution is 7.92. The molecule has 0 bridgehead atoms. The van der Waals surface area contributed by atoms with Crippen LogP contribution in [0, 0.1) is 17.2 Å². The molecule has 1 unspecified atom stereocenters. The number of nitrogens with zero attached hydrogens (tertiary/aromatic N) is 3. The van der Waals surface area contributed by atoms with E-state index in [-0.39, 0.29) is 29.9 Å². The van der Waals surface area contributed by atoms with Crippen LogP contribution in [0.2, 0.25) is 10.0 Å². The van der Waals surface area contributed by atoms with Crippen LogP contribution in [0.3, 0.4) is 0 Å². The van der Waals surface area contributed by atoms with Crippen molar-refractivity contribution in [2.45, 2.75) is 44.2 Å². The first-order valence-electron chi connectivity index (χ1n) is 14.2. The maximum atomic E-state index is 14.6. The lowest BCUT2D eigenvalue weighted by Gasteiger charge is -2.48. The average molecular weight is 635 g/mol.